The Balaban J connectivity index is 2.15. The highest BCUT2D eigenvalue weighted by molar-refractivity contribution is 5.47. The van der Waals surface area contributed by atoms with E-state index < -0.39 is 0 Å². The minimum absolute atomic E-state index is 0.167. The van der Waals surface area contributed by atoms with Crippen LogP contribution in [0, 0.1) is 10.1 Å². The summed E-state index contributed by atoms with van der Waals surface area (Å²) in [5, 5.41) is 11.1. The van der Waals surface area contributed by atoms with Gasteiger partial charge in [-0.3, -0.25) is 15.0 Å². The summed E-state index contributed by atoms with van der Waals surface area (Å²) in [6.45, 7) is 3.01. The van der Waals surface area contributed by atoms with E-state index in [2.05, 4.69) is 31.0 Å². The molecule has 0 amide bonds. The first-order chi connectivity index (χ1) is 10.1. The highest BCUT2D eigenvalue weighted by Gasteiger charge is 2.32. The zero-order valence-electron chi connectivity index (χ0n) is 12.2. The molecule has 0 saturated carbocycles. The van der Waals surface area contributed by atoms with E-state index in [9.17, 15) is 10.1 Å². The Hall–Kier alpha value is -2.20. The summed E-state index contributed by atoms with van der Waals surface area (Å²) in [4.78, 5) is 13.1. The highest BCUT2D eigenvalue weighted by atomic mass is 16.6. The first kappa shape index (κ1) is 13.8. The summed E-state index contributed by atoms with van der Waals surface area (Å²) in [5.74, 6) is 0.167. The molecule has 4 heteroatoms. The van der Waals surface area contributed by atoms with E-state index >= 15 is 0 Å². The van der Waals surface area contributed by atoms with Crippen LogP contribution in [0.4, 0.5) is 5.69 Å². The quantitative estimate of drug-likeness (QED) is 0.625. The Morgan fingerprint density at radius 3 is 2.57 bits per heavy atom. The molecule has 0 bridgehead atoms. The summed E-state index contributed by atoms with van der Waals surface area (Å²) in [7, 11) is 2.10. The van der Waals surface area contributed by atoms with E-state index in [-0.39, 0.29) is 16.5 Å². The van der Waals surface area contributed by atoms with Crippen LogP contribution in [-0.2, 0) is 6.54 Å². The van der Waals surface area contributed by atoms with Gasteiger partial charge in [0.1, 0.15) is 0 Å². The largest absolute Gasteiger partial charge is 0.298 e. The van der Waals surface area contributed by atoms with Crippen LogP contribution in [0.25, 0.3) is 0 Å². The number of non-ortho nitro benzene ring substituents is 1. The molecule has 0 fully saturated rings. The molecular weight excluding hydrogens is 264 g/mol. The monoisotopic (exact) mass is 282 g/mol. The fraction of sp³-hybridized carbons (Fsp3) is 0.294. The van der Waals surface area contributed by atoms with Crippen LogP contribution in [0.3, 0.4) is 0 Å². The molecular formula is C17H18N2O2. The lowest BCUT2D eigenvalue weighted by atomic mass is 9.79. The number of hydrogen-bond acceptors (Lipinski definition) is 3. The summed E-state index contributed by atoms with van der Waals surface area (Å²) < 4.78 is 0. The molecule has 21 heavy (non-hydrogen) atoms. The van der Waals surface area contributed by atoms with Gasteiger partial charge in [-0.25, -0.2) is 0 Å². The molecule has 2 aromatic carbocycles. The average Bonchev–Trinajstić information content (AvgIpc) is 2.49. The summed E-state index contributed by atoms with van der Waals surface area (Å²) in [6.07, 6.45) is 0. The normalized spacial score (nSPS) is 21.8. The molecule has 3 rings (SSSR count). The topological polar surface area (TPSA) is 46.4 Å². The van der Waals surface area contributed by atoms with Crippen LogP contribution in [0.5, 0.6) is 0 Å². The maximum absolute atomic E-state index is 11.1. The minimum Gasteiger partial charge on any atom is -0.298 e. The van der Waals surface area contributed by atoms with Gasteiger partial charge in [0, 0.05) is 30.6 Å². The number of hydrogen-bond donors (Lipinski definition) is 0. The van der Waals surface area contributed by atoms with E-state index in [1.54, 1.807) is 12.1 Å². The Bertz CT molecular complexity index is 670. The highest BCUT2D eigenvalue weighted by Crippen LogP contribution is 2.38. The third kappa shape index (κ3) is 2.43. The van der Waals surface area contributed by atoms with E-state index in [1.807, 2.05) is 24.3 Å². The maximum atomic E-state index is 11.1. The van der Waals surface area contributed by atoms with Gasteiger partial charge in [0.25, 0.3) is 5.69 Å². The minimum atomic E-state index is -0.314. The van der Waals surface area contributed by atoms with Crippen LogP contribution >= 0.6 is 0 Å². The lowest BCUT2D eigenvalue weighted by Gasteiger charge is -2.38. The van der Waals surface area contributed by atoms with Crippen molar-refractivity contribution in [2.24, 2.45) is 0 Å². The number of nitro groups is 1. The summed E-state index contributed by atoms with van der Waals surface area (Å²) in [5.41, 5.74) is 3.64. The van der Waals surface area contributed by atoms with Crippen molar-refractivity contribution in [1.82, 2.24) is 4.90 Å². The zero-order valence-corrected chi connectivity index (χ0v) is 12.2. The predicted octanol–water partition coefficient (Wildman–Crippen LogP) is 3.56. The van der Waals surface area contributed by atoms with Gasteiger partial charge in [-0.05, 0) is 30.7 Å². The molecule has 0 aliphatic carbocycles. The third-order valence-electron chi connectivity index (χ3n) is 4.43. The van der Waals surface area contributed by atoms with Crippen molar-refractivity contribution in [3.8, 4) is 0 Å². The maximum Gasteiger partial charge on any atom is 0.269 e. The smallest absolute Gasteiger partial charge is 0.269 e. The number of nitrogens with zero attached hydrogens (tertiary/aromatic N) is 2. The molecule has 4 nitrogen and oxygen atoms in total. The zero-order chi connectivity index (χ0) is 15.0. The van der Waals surface area contributed by atoms with Crippen LogP contribution in [0.15, 0.2) is 48.5 Å². The molecule has 108 valence electrons. The van der Waals surface area contributed by atoms with Crippen molar-refractivity contribution in [3.63, 3.8) is 0 Å². The van der Waals surface area contributed by atoms with Gasteiger partial charge >= 0.3 is 0 Å². The first-order valence-corrected chi connectivity index (χ1v) is 7.10. The lowest BCUT2D eigenvalue weighted by molar-refractivity contribution is -0.385. The third-order valence-corrected chi connectivity index (χ3v) is 4.43. The van der Waals surface area contributed by atoms with Crippen LogP contribution in [0.2, 0.25) is 0 Å². The molecule has 1 aliphatic heterocycles. The molecule has 0 spiro atoms. The van der Waals surface area contributed by atoms with Gasteiger partial charge in [0.15, 0.2) is 0 Å². The molecule has 0 radical (unpaired) electrons. The van der Waals surface area contributed by atoms with Gasteiger partial charge in [0.05, 0.1) is 4.92 Å². The second-order valence-electron chi connectivity index (χ2n) is 5.68. The second kappa shape index (κ2) is 5.30. The van der Waals surface area contributed by atoms with E-state index in [0.717, 1.165) is 12.1 Å². The molecule has 1 heterocycles. The Kier molecular flexibility index (Phi) is 3.47. The van der Waals surface area contributed by atoms with Crippen molar-refractivity contribution >= 4 is 5.69 Å². The molecule has 0 N–H and O–H groups in total. The summed E-state index contributed by atoms with van der Waals surface area (Å²) in [6, 6.07) is 15.8. The second-order valence-corrected chi connectivity index (χ2v) is 5.68. The van der Waals surface area contributed by atoms with Crippen molar-refractivity contribution in [1.29, 1.82) is 0 Å². The molecule has 0 aromatic heterocycles. The van der Waals surface area contributed by atoms with Gasteiger partial charge in [-0.15, -0.1) is 0 Å². The van der Waals surface area contributed by atoms with Crippen LogP contribution in [0.1, 0.15) is 29.5 Å². The molecule has 2 aromatic rings. The number of benzene rings is 2. The fourth-order valence-corrected chi connectivity index (χ4v) is 3.17. The molecule has 2 atom stereocenters. The van der Waals surface area contributed by atoms with Gasteiger partial charge in [0.2, 0.25) is 0 Å². The Morgan fingerprint density at radius 2 is 1.90 bits per heavy atom. The lowest BCUT2D eigenvalue weighted by Crippen LogP contribution is -2.39. The first-order valence-electron chi connectivity index (χ1n) is 7.10. The standard InChI is InChI=1S/C17H18N2O2/c1-12-17(13-6-4-3-5-7-13)16-10-15(19(20)21)9-8-14(16)11-18(12)2/h3-10,12,17H,11H2,1-2H3/t12-,17+/m0/s1. The molecule has 0 saturated heterocycles. The molecule has 1 aliphatic rings. The number of nitro benzene ring substituents is 1. The number of fused-ring (bicyclic) bond motifs is 1. The average molecular weight is 282 g/mol. The van der Waals surface area contributed by atoms with Gasteiger partial charge in [-0.2, -0.15) is 0 Å². The van der Waals surface area contributed by atoms with Crippen molar-refractivity contribution in [2.45, 2.75) is 25.4 Å². The summed E-state index contributed by atoms with van der Waals surface area (Å²) >= 11 is 0. The number of rotatable bonds is 2. The Labute approximate surface area is 124 Å². The van der Waals surface area contributed by atoms with Crippen LogP contribution in [-0.4, -0.2) is 22.9 Å². The van der Waals surface area contributed by atoms with E-state index in [1.165, 1.54) is 11.1 Å². The van der Waals surface area contributed by atoms with Crippen molar-refractivity contribution < 1.29 is 4.92 Å². The van der Waals surface area contributed by atoms with Crippen molar-refractivity contribution in [3.05, 3.63) is 75.3 Å². The Morgan fingerprint density at radius 1 is 1.19 bits per heavy atom. The van der Waals surface area contributed by atoms with Gasteiger partial charge < -0.3 is 0 Å². The predicted molar refractivity (Wildman–Crippen MR) is 82.3 cm³/mol. The van der Waals surface area contributed by atoms with E-state index in [0.29, 0.717) is 6.04 Å². The van der Waals surface area contributed by atoms with Crippen molar-refractivity contribution in [2.75, 3.05) is 7.05 Å². The number of likely N-dealkylation sites (N-methyl/N-ethyl adjacent to an activating group) is 1. The van der Waals surface area contributed by atoms with Crippen LogP contribution < -0.4 is 0 Å². The molecule has 0 unspecified atom stereocenters. The van der Waals surface area contributed by atoms with E-state index in [4.69, 9.17) is 0 Å². The SMILES string of the molecule is C[C@H]1[C@H](c2ccccc2)c2cc([N+](=O)[O-])ccc2CN1C. The fourth-order valence-electron chi connectivity index (χ4n) is 3.17. The van der Waals surface area contributed by atoms with Gasteiger partial charge in [-0.1, -0.05) is 36.4 Å².